The van der Waals surface area contributed by atoms with Crippen LogP contribution in [0, 0.1) is 5.41 Å². The van der Waals surface area contributed by atoms with Crippen LogP contribution in [0.25, 0.3) is 0 Å². The van der Waals surface area contributed by atoms with E-state index in [9.17, 15) is 14.5 Å². The lowest BCUT2D eigenvalue weighted by Gasteiger charge is -2.38. The second-order valence-electron chi connectivity index (χ2n) is 7.79. The molecule has 136 valence electrons. The number of fused-ring (bicyclic) bond motifs is 1. The summed E-state index contributed by atoms with van der Waals surface area (Å²) in [6.07, 6.45) is 1.19. The Morgan fingerprint density at radius 3 is 2.56 bits per heavy atom. The van der Waals surface area contributed by atoms with Crippen LogP contribution < -0.4 is 0 Å². The molecular weight excluding hydrogens is 360 g/mol. The Hall–Kier alpha value is -1.24. The predicted molar refractivity (Wildman–Crippen MR) is 101 cm³/mol. The highest BCUT2D eigenvalue weighted by molar-refractivity contribution is 7.91. The smallest absolute Gasteiger partial charge is 0.407 e. The van der Waals surface area contributed by atoms with Gasteiger partial charge in [-0.2, -0.15) is 0 Å². The van der Waals surface area contributed by atoms with E-state index in [1.165, 1.54) is 4.90 Å². The van der Waals surface area contributed by atoms with Gasteiger partial charge in [-0.3, -0.25) is 0 Å². The number of hydrogen-bond acceptors (Lipinski definition) is 3. The number of benzene rings is 1. The third-order valence-corrected chi connectivity index (χ3v) is 6.83. The Kier molecular flexibility index (Phi) is 4.81. The summed E-state index contributed by atoms with van der Waals surface area (Å²) in [6, 6.07) is 5.74. The highest BCUT2D eigenvalue weighted by atomic mass is 35.5. The minimum atomic E-state index is -1.37. The van der Waals surface area contributed by atoms with Gasteiger partial charge in [0.25, 0.3) is 0 Å². The molecular formula is C18H23ClN2O3S. The number of nitrogens with zero attached hydrogens (tertiary/aromatic N) is 2. The van der Waals surface area contributed by atoms with Crippen molar-refractivity contribution in [2.45, 2.75) is 44.8 Å². The standard InChI is InChI=1S/C18H23ClN2O3S/c1-17(2,3)25(24)20-15-12-5-4-6-14(19)13(12)11-18(15)7-9-21(10-8-18)16(22)23/h4-6H,7-11H2,1-3H3,(H,22,23). The first-order chi connectivity index (χ1) is 11.6. The second kappa shape index (κ2) is 6.49. The van der Waals surface area contributed by atoms with Crippen LogP contribution in [0.2, 0.25) is 5.02 Å². The number of amides is 1. The zero-order valence-electron chi connectivity index (χ0n) is 14.7. The number of piperidine rings is 1. The molecule has 1 unspecified atom stereocenters. The highest BCUT2D eigenvalue weighted by Gasteiger charge is 2.48. The van der Waals surface area contributed by atoms with Crippen molar-refractivity contribution in [2.75, 3.05) is 13.1 Å². The average molecular weight is 383 g/mol. The lowest BCUT2D eigenvalue weighted by molar-refractivity contribution is 0.115. The van der Waals surface area contributed by atoms with Gasteiger partial charge in [-0.15, -0.1) is 0 Å². The Morgan fingerprint density at radius 1 is 1.36 bits per heavy atom. The van der Waals surface area contributed by atoms with E-state index in [0.29, 0.717) is 31.0 Å². The largest absolute Gasteiger partial charge is 0.591 e. The van der Waals surface area contributed by atoms with Crippen LogP contribution in [0.1, 0.15) is 44.7 Å². The van der Waals surface area contributed by atoms with E-state index in [0.717, 1.165) is 23.3 Å². The number of carboxylic acid groups (broad SMARTS) is 1. The summed E-state index contributed by atoms with van der Waals surface area (Å²) in [5, 5.41) is 9.93. The molecule has 1 aliphatic carbocycles. The van der Waals surface area contributed by atoms with E-state index in [1.807, 2.05) is 39.0 Å². The van der Waals surface area contributed by atoms with Crippen molar-refractivity contribution >= 4 is 34.8 Å². The van der Waals surface area contributed by atoms with Gasteiger partial charge >= 0.3 is 6.09 Å². The fourth-order valence-electron chi connectivity index (χ4n) is 3.57. The molecule has 1 amide bonds. The van der Waals surface area contributed by atoms with E-state index in [1.54, 1.807) is 0 Å². The van der Waals surface area contributed by atoms with Crippen LogP contribution in [0.5, 0.6) is 0 Å². The average Bonchev–Trinajstić information content (AvgIpc) is 2.82. The van der Waals surface area contributed by atoms with Gasteiger partial charge in [0.05, 0.1) is 0 Å². The van der Waals surface area contributed by atoms with Crippen molar-refractivity contribution in [3.05, 3.63) is 34.3 Å². The molecule has 1 atom stereocenters. The molecule has 0 aromatic heterocycles. The zero-order chi connectivity index (χ0) is 18.4. The Labute approximate surface area is 156 Å². The van der Waals surface area contributed by atoms with Crippen LogP contribution in [0.15, 0.2) is 22.6 Å². The van der Waals surface area contributed by atoms with E-state index >= 15 is 0 Å². The maximum Gasteiger partial charge on any atom is 0.407 e. The Morgan fingerprint density at radius 2 is 2.00 bits per heavy atom. The van der Waals surface area contributed by atoms with Gasteiger partial charge in [0.2, 0.25) is 0 Å². The number of likely N-dealkylation sites (tertiary alicyclic amines) is 1. The molecule has 1 N–H and O–H groups in total. The van der Waals surface area contributed by atoms with Crippen LogP contribution in [-0.2, 0) is 17.8 Å². The first-order valence-corrected chi connectivity index (χ1v) is 9.89. The highest BCUT2D eigenvalue weighted by Crippen LogP contribution is 2.47. The molecule has 2 aliphatic rings. The van der Waals surface area contributed by atoms with Crippen molar-refractivity contribution < 1.29 is 14.5 Å². The lowest BCUT2D eigenvalue weighted by Crippen LogP contribution is -2.45. The molecule has 1 aromatic rings. The van der Waals surface area contributed by atoms with Crippen LogP contribution >= 0.6 is 11.6 Å². The Bertz CT molecular complexity index is 722. The van der Waals surface area contributed by atoms with Crippen molar-refractivity contribution in [1.82, 2.24) is 4.90 Å². The molecule has 1 heterocycles. The summed E-state index contributed by atoms with van der Waals surface area (Å²) in [5.74, 6) is 0. The van der Waals surface area contributed by atoms with E-state index in [2.05, 4.69) is 4.40 Å². The van der Waals surface area contributed by atoms with Gasteiger partial charge in [-0.1, -0.05) is 28.1 Å². The first kappa shape index (κ1) is 18.5. The van der Waals surface area contributed by atoms with Gasteiger partial charge < -0.3 is 14.6 Å². The van der Waals surface area contributed by atoms with Gasteiger partial charge in [-0.05, 0) is 51.7 Å². The molecule has 1 aliphatic heterocycles. The third-order valence-electron chi connectivity index (χ3n) is 5.08. The third kappa shape index (κ3) is 3.39. The minimum absolute atomic E-state index is 0.278. The van der Waals surface area contributed by atoms with E-state index in [-0.39, 0.29) is 5.41 Å². The molecule has 1 saturated heterocycles. The van der Waals surface area contributed by atoms with Crippen LogP contribution in [0.4, 0.5) is 4.79 Å². The SMILES string of the molecule is CC(C)(C)[S+]([O-])N=C1c2cccc(Cl)c2CC12CCN(C(=O)O)CC2. The molecule has 0 bridgehead atoms. The normalized spacial score (nSPS) is 22.3. The summed E-state index contributed by atoms with van der Waals surface area (Å²) in [7, 11) is 0. The number of carbonyl (C=O) groups is 1. The van der Waals surface area contributed by atoms with Crippen molar-refractivity contribution in [3.63, 3.8) is 0 Å². The zero-order valence-corrected chi connectivity index (χ0v) is 16.3. The summed E-state index contributed by atoms with van der Waals surface area (Å²) < 4.78 is 16.9. The number of halogens is 1. The minimum Gasteiger partial charge on any atom is -0.591 e. The summed E-state index contributed by atoms with van der Waals surface area (Å²) in [4.78, 5) is 12.7. The van der Waals surface area contributed by atoms with E-state index < -0.39 is 22.2 Å². The van der Waals surface area contributed by atoms with Gasteiger partial charge in [-0.25, -0.2) is 4.79 Å². The molecule has 0 radical (unpaired) electrons. The van der Waals surface area contributed by atoms with Crippen molar-refractivity contribution in [1.29, 1.82) is 0 Å². The molecule has 0 saturated carbocycles. The number of rotatable bonds is 1. The lowest BCUT2D eigenvalue weighted by atomic mass is 9.74. The van der Waals surface area contributed by atoms with Crippen molar-refractivity contribution in [3.8, 4) is 0 Å². The molecule has 3 rings (SSSR count). The quantitative estimate of drug-likeness (QED) is 0.748. The van der Waals surface area contributed by atoms with Crippen molar-refractivity contribution in [2.24, 2.45) is 9.81 Å². The number of hydrogen-bond donors (Lipinski definition) is 1. The fraction of sp³-hybridized carbons (Fsp3) is 0.556. The first-order valence-electron chi connectivity index (χ1n) is 8.41. The maximum atomic E-state index is 12.7. The van der Waals surface area contributed by atoms with Gasteiger partial charge in [0.1, 0.15) is 21.8 Å². The molecule has 5 nitrogen and oxygen atoms in total. The van der Waals surface area contributed by atoms with Gasteiger partial charge in [0.15, 0.2) is 0 Å². The summed E-state index contributed by atoms with van der Waals surface area (Å²) in [5.41, 5.74) is 2.56. The second-order valence-corrected chi connectivity index (χ2v) is 10.1. The molecule has 1 aromatic carbocycles. The molecule has 1 fully saturated rings. The molecule has 25 heavy (non-hydrogen) atoms. The van der Waals surface area contributed by atoms with Gasteiger partial charge in [0, 0.05) is 29.1 Å². The van der Waals surface area contributed by atoms with Crippen LogP contribution in [-0.4, -0.2) is 44.2 Å². The molecule has 1 spiro atoms. The van der Waals surface area contributed by atoms with Crippen LogP contribution in [0.3, 0.4) is 0 Å². The topological polar surface area (TPSA) is 76.0 Å². The monoisotopic (exact) mass is 382 g/mol. The fourth-order valence-corrected chi connectivity index (χ4v) is 4.55. The Balaban J connectivity index is 2.02. The maximum absolute atomic E-state index is 12.7. The summed E-state index contributed by atoms with van der Waals surface area (Å²) in [6.45, 7) is 6.63. The molecule has 7 heteroatoms. The summed E-state index contributed by atoms with van der Waals surface area (Å²) >= 11 is 5.04. The predicted octanol–water partition coefficient (Wildman–Crippen LogP) is 3.91. The van der Waals surface area contributed by atoms with E-state index in [4.69, 9.17) is 11.6 Å².